The maximum Gasteiger partial charge on any atom is 0.126 e. The summed E-state index contributed by atoms with van der Waals surface area (Å²) in [7, 11) is 4.14. The van der Waals surface area contributed by atoms with Crippen molar-refractivity contribution in [1.29, 1.82) is 0 Å². The van der Waals surface area contributed by atoms with E-state index < -0.39 is 5.82 Å². The van der Waals surface area contributed by atoms with Gasteiger partial charge >= 0.3 is 0 Å². The fourth-order valence-electron chi connectivity index (χ4n) is 2.35. The second kappa shape index (κ2) is 9.72. The first-order valence-corrected chi connectivity index (χ1v) is 6.76. The van der Waals surface area contributed by atoms with E-state index in [2.05, 4.69) is 19.0 Å². The van der Waals surface area contributed by atoms with E-state index in [1.54, 1.807) is 0 Å². The highest BCUT2D eigenvalue weighted by atomic mass is 19.1. The fraction of sp³-hybridized carbons (Fsp3) is 0.625. The molecule has 0 spiro atoms. The van der Waals surface area contributed by atoms with Gasteiger partial charge in [0.05, 0.1) is 6.10 Å². The van der Waals surface area contributed by atoms with Crippen LogP contribution in [-0.4, -0.2) is 41.9 Å². The van der Waals surface area contributed by atoms with Crippen LogP contribution in [0.5, 0.6) is 5.75 Å². The molecule has 0 amide bonds. The largest absolute Gasteiger partial charge is 0.508 e. The van der Waals surface area contributed by atoms with E-state index in [0.717, 1.165) is 19.0 Å². The van der Waals surface area contributed by atoms with Crippen molar-refractivity contribution in [2.75, 3.05) is 20.6 Å². The van der Waals surface area contributed by atoms with Gasteiger partial charge in [0, 0.05) is 12.6 Å². The van der Waals surface area contributed by atoms with Gasteiger partial charge in [0.1, 0.15) is 11.6 Å². The molecule has 0 unspecified atom stereocenters. The summed E-state index contributed by atoms with van der Waals surface area (Å²) in [6, 6.07) is 5.20. The number of aliphatic hydroxyl groups is 1. The SMILES string of the molecule is C.CN(C)C[C@H]1CCCC[C@H]1O.Oc1cccc(F)c1. The predicted molar refractivity (Wildman–Crippen MR) is 81.3 cm³/mol. The highest BCUT2D eigenvalue weighted by Crippen LogP contribution is 2.24. The molecule has 20 heavy (non-hydrogen) atoms. The molecule has 0 bridgehead atoms. The number of rotatable bonds is 2. The normalized spacial score (nSPS) is 21.6. The molecule has 1 aromatic carbocycles. The standard InChI is InChI=1S/C9H19NO.C6H5FO.CH4/c1-10(2)7-8-5-3-4-6-9(8)11;7-5-2-1-3-6(8)4-5;/h8-9,11H,3-7H2,1-2H3;1-4,8H;1H4/t8-,9-;;/m1../s1. The lowest BCUT2D eigenvalue weighted by Crippen LogP contribution is -2.33. The van der Waals surface area contributed by atoms with Gasteiger partial charge in [0.2, 0.25) is 0 Å². The molecule has 2 rings (SSSR count). The number of phenols is 1. The van der Waals surface area contributed by atoms with E-state index in [1.165, 1.54) is 37.5 Å². The Morgan fingerprint density at radius 3 is 2.35 bits per heavy atom. The van der Waals surface area contributed by atoms with Crippen molar-refractivity contribution in [3.05, 3.63) is 30.1 Å². The molecule has 1 aliphatic carbocycles. The Balaban J connectivity index is 0.000000359. The van der Waals surface area contributed by atoms with Gasteiger partial charge < -0.3 is 15.1 Å². The summed E-state index contributed by atoms with van der Waals surface area (Å²) >= 11 is 0. The van der Waals surface area contributed by atoms with E-state index in [9.17, 15) is 9.50 Å². The number of hydrogen-bond acceptors (Lipinski definition) is 3. The van der Waals surface area contributed by atoms with Crippen molar-refractivity contribution in [3.63, 3.8) is 0 Å². The minimum absolute atomic E-state index is 0. The Morgan fingerprint density at radius 2 is 1.90 bits per heavy atom. The molecular formula is C16H28FNO2. The molecule has 1 aliphatic rings. The van der Waals surface area contributed by atoms with Crippen LogP contribution < -0.4 is 0 Å². The lowest BCUT2D eigenvalue weighted by molar-refractivity contribution is 0.0555. The lowest BCUT2D eigenvalue weighted by Gasteiger charge is -2.29. The van der Waals surface area contributed by atoms with E-state index in [0.29, 0.717) is 5.92 Å². The summed E-state index contributed by atoms with van der Waals surface area (Å²) in [6.07, 6.45) is 4.70. The quantitative estimate of drug-likeness (QED) is 0.876. The van der Waals surface area contributed by atoms with Crippen LogP contribution in [0.2, 0.25) is 0 Å². The van der Waals surface area contributed by atoms with Crippen LogP contribution >= 0.6 is 0 Å². The molecule has 0 saturated heterocycles. The number of aliphatic hydroxyl groups excluding tert-OH is 1. The molecule has 0 heterocycles. The monoisotopic (exact) mass is 285 g/mol. The Bertz CT molecular complexity index is 354. The van der Waals surface area contributed by atoms with Crippen molar-refractivity contribution < 1.29 is 14.6 Å². The maximum absolute atomic E-state index is 12.0. The number of benzene rings is 1. The van der Waals surface area contributed by atoms with Crippen LogP contribution in [0, 0.1) is 11.7 Å². The highest BCUT2D eigenvalue weighted by Gasteiger charge is 2.22. The highest BCUT2D eigenvalue weighted by molar-refractivity contribution is 5.20. The van der Waals surface area contributed by atoms with Crippen molar-refractivity contribution in [2.45, 2.75) is 39.2 Å². The predicted octanol–water partition coefficient (Wildman–Crippen LogP) is 3.27. The van der Waals surface area contributed by atoms with Gasteiger partial charge in [-0.15, -0.1) is 0 Å². The fourth-order valence-corrected chi connectivity index (χ4v) is 2.35. The summed E-state index contributed by atoms with van der Waals surface area (Å²) in [5, 5.41) is 18.2. The van der Waals surface area contributed by atoms with Crippen LogP contribution in [0.3, 0.4) is 0 Å². The Kier molecular flexibility index (Phi) is 9.17. The average Bonchev–Trinajstić information content (AvgIpc) is 2.32. The van der Waals surface area contributed by atoms with Crippen molar-refractivity contribution >= 4 is 0 Å². The molecule has 3 nitrogen and oxygen atoms in total. The first-order valence-electron chi connectivity index (χ1n) is 6.76. The third-order valence-electron chi connectivity index (χ3n) is 3.28. The number of phenolic OH excluding ortho intramolecular Hbond substituents is 1. The summed E-state index contributed by atoms with van der Waals surface area (Å²) in [5.74, 6) is 0.0775. The van der Waals surface area contributed by atoms with Gasteiger partial charge in [0.15, 0.2) is 0 Å². The number of aromatic hydroxyl groups is 1. The van der Waals surface area contributed by atoms with Crippen molar-refractivity contribution in [2.24, 2.45) is 5.92 Å². The Morgan fingerprint density at radius 1 is 1.25 bits per heavy atom. The summed E-state index contributed by atoms with van der Waals surface area (Å²) in [5.41, 5.74) is 0. The summed E-state index contributed by atoms with van der Waals surface area (Å²) in [6.45, 7) is 1.04. The summed E-state index contributed by atoms with van der Waals surface area (Å²) in [4.78, 5) is 2.17. The third kappa shape index (κ3) is 7.46. The molecule has 0 radical (unpaired) electrons. The minimum Gasteiger partial charge on any atom is -0.508 e. The van der Waals surface area contributed by atoms with E-state index >= 15 is 0 Å². The van der Waals surface area contributed by atoms with Crippen LogP contribution in [-0.2, 0) is 0 Å². The van der Waals surface area contributed by atoms with Gasteiger partial charge in [0.25, 0.3) is 0 Å². The number of halogens is 1. The first-order chi connectivity index (χ1) is 8.99. The molecule has 1 fully saturated rings. The average molecular weight is 285 g/mol. The summed E-state index contributed by atoms with van der Waals surface area (Å²) < 4.78 is 12.0. The smallest absolute Gasteiger partial charge is 0.126 e. The van der Waals surface area contributed by atoms with Gasteiger partial charge in [-0.25, -0.2) is 4.39 Å². The molecule has 2 N–H and O–H groups in total. The third-order valence-corrected chi connectivity index (χ3v) is 3.28. The Hall–Kier alpha value is -1.13. The topological polar surface area (TPSA) is 43.7 Å². The van der Waals surface area contributed by atoms with Gasteiger partial charge in [-0.3, -0.25) is 0 Å². The van der Waals surface area contributed by atoms with Crippen LogP contribution in [0.15, 0.2) is 24.3 Å². The molecule has 116 valence electrons. The van der Waals surface area contributed by atoms with Crippen molar-refractivity contribution in [1.82, 2.24) is 4.90 Å². The number of nitrogens with zero attached hydrogens (tertiary/aromatic N) is 1. The second-order valence-corrected chi connectivity index (χ2v) is 5.35. The zero-order valence-electron chi connectivity index (χ0n) is 11.7. The molecular weight excluding hydrogens is 257 g/mol. The number of hydrogen-bond donors (Lipinski definition) is 2. The first kappa shape index (κ1) is 18.9. The zero-order valence-corrected chi connectivity index (χ0v) is 11.7. The minimum atomic E-state index is -0.412. The molecule has 0 aromatic heterocycles. The van der Waals surface area contributed by atoms with Crippen LogP contribution in [0.4, 0.5) is 4.39 Å². The van der Waals surface area contributed by atoms with Gasteiger partial charge in [-0.1, -0.05) is 26.3 Å². The van der Waals surface area contributed by atoms with E-state index in [1.807, 2.05) is 0 Å². The second-order valence-electron chi connectivity index (χ2n) is 5.35. The molecule has 1 saturated carbocycles. The maximum atomic E-state index is 12.0. The van der Waals surface area contributed by atoms with E-state index in [4.69, 9.17) is 5.11 Å². The molecule has 0 aliphatic heterocycles. The van der Waals surface area contributed by atoms with Gasteiger partial charge in [-0.2, -0.15) is 0 Å². The lowest BCUT2D eigenvalue weighted by atomic mass is 9.86. The zero-order chi connectivity index (χ0) is 14.3. The molecule has 2 atom stereocenters. The van der Waals surface area contributed by atoms with Crippen LogP contribution in [0.25, 0.3) is 0 Å². The molecule has 4 heteroatoms. The van der Waals surface area contributed by atoms with Crippen molar-refractivity contribution in [3.8, 4) is 5.75 Å². The van der Waals surface area contributed by atoms with Crippen LogP contribution in [0.1, 0.15) is 33.1 Å². The van der Waals surface area contributed by atoms with E-state index in [-0.39, 0.29) is 19.3 Å². The Labute approximate surface area is 122 Å². The van der Waals surface area contributed by atoms with Gasteiger partial charge in [-0.05, 0) is 45.0 Å². The molecule has 1 aromatic rings.